The summed E-state index contributed by atoms with van der Waals surface area (Å²) in [5, 5.41) is 4.41. The summed E-state index contributed by atoms with van der Waals surface area (Å²) in [6.45, 7) is 5.98. The van der Waals surface area contributed by atoms with E-state index in [2.05, 4.69) is 44.0 Å². The van der Waals surface area contributed by atoms with Gasteiger partial charge in [0.2, 0.25) is 5.95 Å². The number of hydrazone groups is 1. The lowest BCUT2D eigenvalue weighted by Gasteiger charge is -2.27. The summed E-state index contributed by atoms with van der Waals surface area (Å²) in [5.74, 6) is 2.08. The third kappa shape index (κ3) is 4.07. The second-order valence-corrected chi connectivity index (χ2v) is 7.77. The first-order chi connectivity index (χ1) is 14.3. The lowest BCUT2D eigenvalue weighted by molar-refractivity contribution is 0.122. The van der Waals surface area contributed by atoms with Crippen LogP contribution in [0.4, 0.5) is 11.8 Å². The number of morpholine rings is 1. The van der Waals surface area contributed by atoms with E-state index >= 15 is 0 Å². The van der Waals surface area contributed by atoms with Crippen LogP contribution in [0.1, 0.15) is 24.0 Å². The Morgan fingerprint density at radius 3 is 2.90 bits per heavy atom. The molecule has 5 rings (SSSR count). The first-order valence-corrected chi connectivity index (χ1v) is 10.2. The number of aryl methyl sites for hydroxylation is 1. The molecule has 1 aromatic carbocycles. The Morgan fingerprint density at radius 2 is 2.10 bits per heavy atom. The maximum Gasteiger partial charge on any atom is 0.229 e. The molecule has 150 valence electrons. The number of nitrogens with one attached hydrogen (secondary N) is 1. The van der Waals surface area contributed by atoms with Crippen LogP contribution in [0.25, 0.3) is 11.2 Å². The minimum atomic E-state index is 0.634. The van der Waals surface area contributed by atoms with Crippen molar-refractivity contribution >= 4 is 29.1 Å². The quantitative estimate of drug-likeness (QED) is 0.514. The standard InChI is InChI=1S/C21H25N7O/c1-15-3-2-4-17(11-15)12-23-26-19-18-20(28(14-22-18)13-16-5-6-16)25-21(24-19)27-7-9-29-10-8-27/h2-4,11-12,14,16H,5-10,13H2,1H3,(H,24,25,26). The van der Waals surface area contributed by atoms with Gasteiger partial charge in [0.05, 0.1) is 25.8 Å². The Labute approximate surface area is 169 Å². The number of anilines is 2. The molecule has 2 fully saturated rings. The van der Waals surface area contributed by atoms with Gasteiger partial charge in [-0.1, -0.05) is 29.8 Å². The SMILES string of the molecule is Cc1cccc(C=NNc2nc(N3CCOCC3)nc3c2ncn3CC2CC2)c1. The molecule has 1 aliphatic carbocycles. The minimum Gasteiger partial charge on any atom is -0.378 e. The number of hydrogen-bond donors (Lipinski definition) is 1. The number of nitrogens with zero attached hydrogens (tertiary/aromatic N) is 6. The molecule has 2 aromatic heterocycles. The zero-order chi connectivity index (χ0) is 19.6. The largest absolute Gasteiger partial charge is 0.378 e. The van der Waals surface area contributed by atoms with E-state index in [4.69, 9.17) is 14.7 Å². The summed E-state index contributed by atoms with van der Waals surface area (Å²) in [6.07, 6.45) is 6.24. The molecule has 1 saturated heterocycles. The Hall–Kier alpha value is -3.00. The monoisotopic (exact) mass is 391 g/mol. The lowest BCUT2D eigenvalue weighted by atomic mass is 10.2. The number of imidazole rings is 1. The van der Waals surface area contributed by atoms with Gasteiger partial charge in [0, 0.05) is 19.6 Å². The average Bonchev–Trinajstić information content (AvgIpc) is 3.47. The van der Waals surface area contributed by atoms with E-state index < -0.39 is 0 Å². The van der Waals surface area contributed by atoms with Crippen LogP contribution in [0.3, 0.4) is 0 Å². The van der Waals surface area contributed by atoms with Gasteiger partial charge in [0.15, 0.2) is 17.0 Å². The maximum atomic E-state index is 5.48. The molecule has 1 saturated carbocycles. The molecule has 8 nitrogen and oxygen atoms in total. The highest BCUT2D eigenvalue weighted by Gasteiger charge is 2.24. The van der Waals surface area contributed by atoms with Gasteiger partial charge in [-0.3, -0.25) is 5.43 Å². The summed E-state index contributed by atoms with van der Waals surface area (Å²) in [5.41, 5.74) is 6.96. The van der Waals surface area contributed by atoms with Crippen molar-refractivity contribution in [2.75, 3.05) is 36.6 Å². The van der Waals surface area contributed by atoms with Crippen LogP contribution in [-0.2, 0) is 11.3 Å². The van der Waals surface area contributed by atoms with Gasteiger partial charge >= 0.3 is 0 Å². The zero-order valence-electron chi connectivity index (χ0n) is 16.6. The fourth-order valence-corrected chi connectivity index (χ4v) is 3.55. The molecule has 2 aliphatic rings. The van der Waals surface area contributed by atoms with E-state index in [9.17, 15) is 0 Å². The van der Waals surface area contributed by atoms with Crippen LogP contribution in [-0.4, -0.2) is 52.0 Å². The second-order valence-electron chi connectivity index (χ2n) is 7.77. The summed E-state index contributed by atoms with van der Waals surface area (Å²) in [6, 6.07) is 8.21. The molecule has 8 heteroatoms. The van der Waals surface area contributed by atoms with E-state index in [-0.39, 0.29) is 0 Å². The molecule has 1 N–H and O–H groups in total. The van der Waals surface area contributed by atoms with Gasteiger partial charge in [-0.15, -0.1) is 0 Å². The van der Waals surface area contributed by atoms with E-state index in [1.165, 1.54) is 18.4 Å². The molecule has 0 spiro atoms. The number of hydrogen-bond acceptors (Lipinski definition) is 7. The Balaban J connectivity index is 1.47. The van der Waals surface area contributed by atoms with Crippen molar-refractivity contribution < 1.29 is 4.74 Å². The van der Waals surface area contributed by atoms with E-state index in [1.807, 2.05) is 18.5 Å². The van der Waals surface area contributed by atoms with Gasteiger partial charge in [0.25, 0.3) is 0 Å². The van der Waals surface area contributed by atoms with Crippen molar-refractivity contribution in [1.29, 1.82) is 0 Å². The highest BCUT2D eigenvalue weighted by atomic mass is 16.5. The van der Waals surface area contributed by atoms with Crippen molar-refractivity contribution in [2.24, 2.45) is 11.0 Å². The number of benzene rings is 1. The van der Waals surface area contributed by atoms with Gasteiger partial charge < -0.3 is 14.2 Å². The Kier molecular flexibility index (Phi) is 4.85. The molecule has 0 radical (unpaired) electrons. The normalized spacial score (nSPS) is 17.3. The van der Waals surface area contributed by atoms with Gasteiger partial charge in [-0.25, -0.2) is 4.98 Å². The second kappa shape index (κ2) is 7.79. The number of rotatable bonds is 6. The smallest absolute Gasteiger partial charge is 0.229 e. The van der Waals surface area contributed by atoms with Crippen LogP contribution >= 0.6 is 0 Å². The molecule has 3 aromatic rings. The van der Waals surface area contributed by atoms with Crippen molar-refractivity contribution in [1.82, 2.24) is 19.5 Å². The van der Waals surface area contributed by atoms with Gasteiger partial charge in [-0.05, 0) is 31.2 Å². The third-order valence-electron chi connectivity index (χ3n) is 5.32. The van der Waals surface area contributed by atoms with Gasteiger partial charge in [0.1, 0.15) is 0 Å². The zero-order valence-corrected chi connectivity index (χ0v) is 16.6. The number of fused-ring (bicyclic) bond motifs is 1. The number of ether oxygens (including phenoxy) is 1. The highest BCUT2D eigenvalue weighted by molar-refractivity contribution is 5.86. The Bertz CT molecular complexity index is 1030. The molecular formula is C21H25N7O. The maximum absolute atomic E-state index is 5.48. The molecule has 0 bridgehead atoms. The molecule has 29 heavy (non-hydrogen) atoms. The molecule has 0 unspecified atom stereocenters. The predicted octanol–water partition coefficient (Wildman–Crippen LogP) is 2.83. The first-order valence-electron chi connectivity index (χ1n) is 10.2. The topological polar surface area (TPSA) is 80.5 Å². The molecule has 0 atom stereocenters. The van der Waals surface area contributed by atoms with E-state index in [0.717, 1.165) is 42.3 Å². The average molecular weight is 391 g/mol. The van der Waals surface area contributed by atoms with Crippen molar-refractivity contribution in [3.8, 4) is 0 Å². The van der Waals surface area contributed by atoms with Crippen LogP contribution in [0, 0.1) is 12.8 Å². The summed E-state index contributed by atoms with van der Waals surface area (Å²) >= 11 is 0. The summed E-state index contributed by atoms with van der Waals surface area (Å²) in [7, 11) is 0. The summed E-state index contributed by atoms with van der Waals surface area (Å²) < 4.78 is 7.63. The predicted molar refractivity (Wildman–Crippen MR) is 113 cm³/mol. The van der Waals surface area contributed by atoms with Crippen LogP contribution < -0.4 is 10.3 Å². The first kappa shape index (κ1) is 18.1. The third-order valence-corrected chi connectivity index (χ3v) is 5.32. The molecule has 3 heterocycles. The van der Waals surface area contributed by atoms with Crippen LogP contribution in [0.15, 0.2) is 35.7 Å². The van der Waals surface area contributed by atoms with E-state index in [1.54, 1.807) is 6.21 Å². The van der Waals surface area contributed by atoms with E-state index in [0.29, 0.717) is 25.0 Å². The lowest BCUT2D eigenvalue weighted by Crippen LogP contribution is -2.37. The van der Waals surface area contributed by atoms with Crippen molar-refractivity contribution in [3.63, 3.8) is 0 Å². The molecular weight excluding hydrogens is 366 g/mol. The van der Waals surface area contributed by atoms with Crippen LogP contribution in [0.2, 0.25) is 0 Å². The van der Waals surface area contributed by atoms with Crippen molar-refractivity contribution in [3.05, 3.63) is 41.7 Å². The van der Waals surface area contributed by atoms with Crippen LogP contribution in [0.5, 0.6) is 0 Å². The fraction of sp³-hybridized carbons (Fsp3) is 0.429. The molecule has 1 aliphatic heterocycles. The highest BCUT2D eigenvalue weighted by Crippen LogP contribution is 2.32. The van der Waals surface area contributed by atoms with Crippen molar-refractivity contribution in [2.45, 2.75) is 26.3 Å². The molecule has 0 amide bonds. The number of aromatic nitrogens is 4. The minimum absolute atomic E-state index is 0.634. The fourth-order valence-electron chi connectivity index (χ4n) is 3.55. The summed E-state index contributed by atoms with van der Waals surface area (Å²) in [4.78, 5) is 16.3. The van der Waals surface area contributed by atoms with Gasteiger partial charge in [-0.2, -0.15) is 15.1 Å². The Morgan fingerprint density at radius 1 is 1.24 bits per heavy atom.